The van der Waals surface area contributed by atoms with E-state index in [0.717, 1.165) is 34.1 Å². The number of hydrogen-bond acceptors (Lipinski definition) is 3. The first kappa shape index (κ1) is 18.3. The molecule has 4 aliphatic rings. The van der Waals surface area contributed by atoms with Gasteiger partial charge in [-0.3, -0.25) is 9.59 Å². The molecule has 1 saturated heterocycles. The van der Waals surface area contributed by atoms with Crippen molar-refractivity contribution in [2.24, 2.45) is 11.8 Å². The van der Waals surface area contributed by atoms with Gasteiger partial charge in [-0.05, 0) is 46.9 Å². The summed E-state index contributed by atoms with van der Waals surface area (Å²) in [5.74, 6) is -1.90. The van der Waals surface area contributed by atoms with Crippen LogP contribution in [0.25, 0.3) is 0 Å². The molecule has 152 valence electrons. The molecule has 1 aliphatic heterocycles. The summed E-state index contributed by atoms with van der Waals surface area (Å²) in [6.07, 6.45) is 0.909. The van der Waals surface area contributed by atoms with Gasteiger partial charge in [0.2, 0.25) is 11.8 Å². The van der Waals surface area contributed by atoms with E-state index in [2.05, 4.69) is 6.92 Å². The second-order valence-corrected chi connectivity index (χ2v) is 9.09. The number of aldehydes is 1. The molecule has 31 heavy (non-hydrogen) atoms. The molecule has 1 fully saturated rings. The number of aryl methyl sites for hydroxylation is 1. The summed E-state index contributed by atoms with van der Waals surface area (Å²) in [4.78, 5) is 42.1. The highest BCUT2D eigenvalue weighted by Crippen LogP contribution is 2.66. The zero-order valence-electron chi connectivity index (χ0n) is 17.3. The lowest BCUT2D eigenvalue weighted by molar-refractivity contribution is -0.129. The second-order valence-electron chi connectivity index (χ2n) is 9.09. The highest BCUT2D eigenvalue weighted by molar-refractivity contribution is 6.25. The Morgan fingerprint density at radius 1 is 0.774 bits per heavy atom. The van der Waals surface area contributed by atoms with Gasteiger partial charge in [0.05, 0.1) is 22.9 Å². The van der Waals surface area contributed by atoms with Crippen molar-refractivity contribution in [2.45, 2.75) is 24.7 Å². The van der Waals surface area contributed by atoms with Gasteiger partial charge in [-0.15, -0.1) is 0 Å². The predicted octanol–water partition coefficient (Wildman–Crippen LogP) is 3.92. The van der Waals surface area contributed by atoms with Gasteiger partial charge < -0.3 is 4.79 Å². The van der Waals surface area contributed by atoms with Crippen LogP contribution in [0.3, 0.4) is 0 Å². The van der Waals surface area contributed by atoms with Gasteiger partial charge in [-0.2, -0.15) is 0 Å². The van der Waals surface area contributed by atoms with E-state index in [0.29, 0.717) is 5.69 Å². The van der Waals surface area contributed by atoms with Crippen LogP contribution in [0.1, 0.15) is 34.7 Å². The van der Waals surface area contributed by atoms with Crippen molar-refractivity contribution >= 4 is 23.8 Å². The van der Waals surface area contributed by atoms with Gasteiger partial charge in [-0.25, -0.2) is 4.90 Å². The van der Waals surface area contributed by atoms with Crippen LogP contribution >= 0.6 is 0 Å². The first-order valence-corrected chi connectivity index (χ1v) is 10.6. The minimum absolute atomic E-state index is 0.224. The third-order valence-corrected chi connectivity index (χ3v) is 7.73. The maximum Gasteiger partial charge on any atom is 0.239 e. The third kappa shape index (κ3) is 1.89. The lowest BCUT2D eigenvalue weighted by atomic mass is 9.42. The molecule has 0 saturated carbocycles. The van der Waals surface area contributed by atoms with E-state index in [1.165, 1.54) is 4.90 Å². The standard InChI is InChI=1S/C27H21NO3/c1-16-8-7-9-17(14-16)28-24(30)22-23(25(28)31)27(15-29)20-12-5-3-10-18(20)26(22,2)19-11-4-6-13-21(19)27/h3-15,22-23H,1-2H3/t22-,23-,26?,27?/m0/s1. The van der Waals surface area contributed by atoms with Gasteiger partial charge >= 0.3 is 0 Å². The van der Waals surface area contributed by atoms with E-state index in [1.807, 2.05) is 73.7 Å². The normalized spacial score (nSPS) is 30.1. The van der Waals surface area contributed by atoms with E-state index in [1.54, 1.807) is 6.07 Å². The molecular formula is C27H21NO3. The van der Waals surface area contributed by atoms with Crippen molar-refractivity contribution in [2.75, 3.05) is 4.90 Å². The summed E-state index contributed by atoms with van der Waals surface area (Å²) < 4.78 is 0. The van der Waals surface area contributed by atoms with Crippen molar-refractivity contribution in [3.63, 3.8) is 0 Å². The molecule has 0 unspecified atom stereocenters. The Labute approximate surface area is 180 Å². The number of nitrogens with zero attached hydrogens (tertiary/aromatic N) is 1. The molecule has 1 heterocycles. The number of carbonyl (C=O) groups is 3. The Balaban J connectivity index is 1.70. The average molecular weight is 407 g/mol. The SMILES string of the molecule is Cc1cccc(N2C(=O)[C@@H]3[C@@H](C2=O)C2(C=O)c4ccccc4C3(C)c3ccccc32)c1. The predicted molar refractivity (Wildman–Crippen MR) is 117 cm³/mol. The highest BCUT2D eigenvalue weighted by Gasteiger charge is 2.72. The quantitative estimate of drug-likeness (QED) is 0.478. The number of amides is 2. The molecule has 0 radical (unpaired) electrons. The first-order valence-electron chi connectivity index (χ1n) is 10.6. The fraction of sp³-hybridized carbons (Fsp3) is 0.222. The number of benzene rings is 3. The summed E-state index contributed by atoms with van der Waals surface area (Å²) in [5.41, 5.74) is 3.32. The number of rotatable bonds is 2. The van der Waals surface area contributed by atoms with Gasteiger partial charge in [0.1, 0.15) is 6.29 Å². The maximum absolute atomic E-state index is 13.9. The Bertz CT molecular complexity index is 1260. The summed E-state index contributed by atoms with van der Waals surface area (Å²) in [6, 6.07) is 23.0. The molecule has 2 atom stereocenters. The van der Waals surface area contributed by atoms with Crippen molar-refractivity contribution in [3.05, 3.63) is 101 Å². The van der Waals surface area contributed by atoms with Crippen LogP contribution in [0, 0.1) is 18.8 Å². The molecule has 7 rings (SSSR count). The van der Waals surface area contributed by atoms with E-state index in [-0.39, 0.29) is 11.8 Å². The van der Waals surface area contributed by atoms with E-state index >= 15 is 0 Å². The minimum Gasteiger partial charge on any atom is -0.302 e. The molecule has 4 nitrogen and oxygen atoms in total. The van der Waals surface area contributed by atoms with E-state index < -0.39 is 22.7 Å². The number of hydrogen-bond donors (Lipinski definition) is 0. The number of carbonyl (C=O) groups excluding carboxylic acids is 3. The zero-order chi connectivity index (χ0) is 21.5. The molecule has 0 N–H and O–H groups in total. The summed E-state index contributed by atoms with van der Waals surface area (Å²) in [6.45, 7) is 3.99. The van der Waals surface area contributed by atoms with Crippen LogP contribution in [-0.4, -0.2) is 18.1 Å². The molecule has 3 aromatic carbocycles. The highest BCUT2D eigenvalue weighted by atomic mass is 16.2. The Hall–Kier alpha value is -3.53. The van der Waals surface area contributed by atoms with Crippen molar-refractivity contribution < 1.29 is 14.4 Å². The van der Waals surface area contributed by atoms with Crippen molar-refractivity contribution in [1.29, 1.82) is 0 Å². The van der Waals surface area contributed by atoms with Gasteiger partial charge in [0.15, 0.2) is 0 Å². The monoisotopic (exact) mass is 407 g/mol. The summed E-state index contributed by atoms with van der Waals surface area (Å²) >= 11 is 0. The molecule has 3 aliphatic carbocycles. The Morgan fingerprint density at radius 3 is 1.87 bits per heavy atom. The molecule has 2 bridgehead atoms. The fourth-order valence-corrected chi connectivity index (χ4v) is 6.49. The van der Waals surface area contributed by atoms with Crippen molar-refractivity contribution in [1.82, 2.24) is 0 Å². The largest absolute Gasteiger partial charge is 0.302 e. The van der Waals surface area contributed by atoms with Crippen LogP contribution in [-0.2, 0) is 25.2 Å². The molecule has 0 aromatic heterocycles. The molecule has 4 heteroatoms. The van der Waals surface area contributed by atoms with Crippen LogP contribution in [0.15, 0.2) is 72.8 Å². The maximum atomic E-state index is 13.9. The average Bonchev–Trinajstić information content (AvgIpc) is 3.06. The third-order valence-electron chi connectivity index (χ3n) is 7.73. The number of imide groups is 1. The van der Waals surface area contributed by atoms with Gasteiger partial charge in [0, 0.05) is 5.41 Å². The van der Waals surface area contributed by atoms with Crippen LogP contribution in [0.5, 0.6) is 0 Å². The van der Waals surface area contributed by atoms with Crippen LogP contribution < -0.4 is 4.90 Å². The molecule has 3 aromatic rings. The molecule has 0 spiro atoms. The first-order chi connectivity index (χ1) is 15.0. The lowest BCUT2D eigenvalue weighted by Gasteiger charge is -2.56. The summed E-state index contributed by atoms with van der Waals surface area (Å²) in [7, 11) is 0. The topological polar surface area (TPSA) is 54.5 Å². The smallest absolute Gasteiger partial charge is 0.239 e. The Kier molecular flexibility index (Phi) is 3.41. The zero-order valence-corrected chi connectivity index (χ0v) is 17.3. The van der Waals surface area contributed by atoms with E-state index in [4.69, 9.17) is 0 Å². The summed E-state index contributed by atoms with van der Waals surface area (Å²) in [5, 5.41) is 0. The van der Waals surface area contributed by atoms with Gasteiger partial charge in [0.25, 0.3) is 0 Å². The lowest BCUT2D eigenvalue weighted by Crippen LogP contribution is -2.61. The number of anilines is 1. The Morgan fingerprint density at radius 2 is 1.32 bits per heavy atom. The fourth-order valence-electron chi connectivity index (χ4n) is 6.49. The molecular weight excluding hydrogens is 386 g/mol. The second kappa shape index (κ2) is 5.79. The van der Waals surface area contributed by atoms with Crippen molar-refractivity contribution in [3.8, 4) is 0 Å². The van der Waals surface area contributed by atoms with Gasteiger partial charge in [-0.1, -0.05) is 67.6 Å². The minimum atomic E-state index is -1.17. The molecule has 2 amide bonds. The van der Waals surface area contributed by atoms with E-state index in [9.17, 15) is 14.4 Å². The van der Waals surface area contributed by atoms with Crippen LogP contribution in [0.4, 0.5) is 5.69 Å². The van der Waals surface area contributed by atoms with Crippen LogP contribution in [0.2, 0.25) is 0 Å².